The molecule has 1 N–H and O–H groups in total. The molecule has 2 aromatic carbocycles. The van der Waals surface area contributed by atoms with Crippen molar-refractivity contribution in [1.29, 1.82) is 0 Å². The van der Waals surface area contributed by atoms with E-state index in [0.717, 1.165) is 36.3 Å². The van der Waals surface area contributed by atoms with E-state index in [1.165, 1.54) is 0 Å². The number of amides is 1. The van der Waals surface area contributed by atoms with Gasteiger partial charge in [-0.1, -0.05) is 54.1 Å². The van der Waals surface area contributed by atoms with E-state index in [9.17, 15) is 4.79 Å². The van der Waals surface area contributed by atoms with Crippen molar-refractivity contribution in [3.05, 3.63) is 89.3 Å². The smallest absolute Gasteiger partial charge is 0.225 e. The number of halogens is 1. The molecule has 0 unspecified atom stereocenters. The molecule has 1 aliphatic rings. The molecule has 1 amide bonds. The summed E-state index contributed by atoms with van der Waals surface area (Å²) in [6, 6.07) is 17.4. The Kier molecular flexibility index (Phi) is 6.06. The van der Waals surface area contributed by atoms with Gasteiger partial charge in [-0.3, -0.25) is 9.78 Å². The number of piperidine rings is 1. The summed E-state index contributed by atoms with van der Waals surface area (Å²) in [6.45, 7) is 1.54. The van der Waals surface area contributed by atoms with Gasteiger partial charge < -0.3 is 10.2 Å². The zero-order chi connectivity index (χ0) is 20.1. The van der Waals surface area contributed by atoms with Gasteiger partial charge in [0, 0.05) is 30.5 Å². The molecule has 0 bridgehead atoms. The number of anilines is 1. The lowest BCUT2D eigenvalue weighted by atomic mass is 9.94. The maximum Gasteiger partial charge on any atom is 0.225 e. The minimum absolute atomic E-state index is 0.0578. The van der Waals surface area contributed by atoms with Crippen molar-refractivity contribution in [1.82, 2.24) is 15.3 Å². The van der Waals surface area contributed by atoms with Gasteiger partial charge >= 0.3 is 0 Å². The van der Waals surface area contributed by atoms with Gasteiger partial charge in [-0.25, -0.2) is 4.98 Å². The maximum atomic E-state index is 13.2. The monoisotopic (exact) mass is 406 g/mol. The molecule has 1 aliphatic heterocycles. The lowest BCUT2D eigenvalue weighted by Gasteiger charge is -2.33. The first-order valence-corrected chi connectivity index (χ1v) is 10.2. The van der Waals surface area contributed by atoms with E-state index in [1.54, 1.807) is 18.6 Å². The Labute approximate surface area is 175 Å². The summed E-state index contributed by atoms with van der Waals surface area (Å²) in [5, 5.41) is 3.95. The SMILES string of the molecule is O=C(N[C@H](c1ccccc1)c1ccc(Cl)cc1)[C@H]1CCCN(c2cnccn2)C1. The predicted molar refractivity (Wildman–Crippen MR) is 115 cm³/mol. The zero-order valence-electron chi connectivity index (χ0n) is 16.0. The van der Waals surface area contributed by atoms with Crippen LogP contribution in [0.3, 0.4) is 0 Å². The van der Waals surface area contributed by atoms with Crippen LogP contribution in [0.1, 0.15) is 30.0 Å². The van der Waals surface area contributed by atoms with Gasteiger partial charge in [0.05, 0.1) is 18.2 Å². The van der Waals surface area contributed by atoms with Gasteiger partial charge in [0.25, 0.3) is 0 Å². The Hall–Kier alpha value is -2.92. The Morgan fingerprint density at radius 2 is 1.83 bits per heavy atom. The van der Waals surface area contributed by atoms with Gasteiger partial charge in [0.1, 0.15) is 5.82 Å². The molecule has 1 saturated heterocycles. The summed E-state index contributed by atoms with van der Waals surface area (Å²) >= 11 is 6.06. The van der Waals surface area contributed by atoms with E-state index in [-0.39, 0.29) is 17.9 Å². The zero-order valence-corrected chi connectivity index (χ0v) is 16.8. The summed E-state index contributed by atoms with van der Waals surface area (Å²) in [5.41, 5.74) is 2.06. The van der Waals surface area contributed by atoms with Crippen LogP contribution in [0.2, 0.25) is 5.02 Å². The van der Waals surface area contributed by atoms with E-state index in [2.05, 4.69) is 20.2 Å². The van der Waals surface area contributed by atoms with E-state index in [4.69, 9.17) is 11.6 Å². The maximum absolute atomic E-state index is 13.2. The molecule has 0 spiro atoms. The highest BCUT2D eigenvalue weighted by Gasteiger charge is 2.28. The quantitative estimate of drug-likeness (QED) is 0.688. The molecule has 1 fully saturated rings. The van der Waals surface area contributed by atoms with Crippen LogP contribution in [0.15, 0.2) is 73.2 Å². The lowest BCUT2D eigenvalue weighted by Crippen LogP contribution is -2.44. The van der Waals surface area contributed by atoms with Crippen LogP contribution in [-0.4, -0.2) is 29.0 Å². The molecule has 148 valence electrons. The fraction of sp³-hybridized carbons (Fsp3) is 0.261. The summed E-state index contributed by atoms with van der Waals surface area (Å²) in [5.74, 6) is 0.786. The van der Waals surface area contributed by atoms with Crippen LogP contribution >= 0.6 is 11.6 Å². The van der Waals surface area contributed by atoms with Crippen molar-refractivity contribution >= 4 is 23.3 Å². The van der Waals surface area contributed by atoms with Gasteiger partial charge in [-0.05, 0) is 36.1 Å². The number of carbonyl (C=O) groups is 1. The molecule has 4 rings (SSSR count). The molecule has 0 aliphatic carbocycles. The molecule has 0 saturated carbocycles. The third-order valence-corrected chi connectivity index (χ3v) is 5.54. The Balaban J connectivity index is 1.52. The van der Waals surface area contributed by atoms with E-state index in [0.29, 0.717) is 11.6 Å². The lowest BCUT2D eigenvalue weighted by molar-refractivity contribution is -0.125. The number of nitrogens with one attached hydrogen (secondary N) is 1. The van der Waals surface area contributed by atoms with Crippen molar-refractivity contribution in [2.75, 3.05) is 18.0 Å². The molecule has 29 heavy (non-hydrogen) atoms. The van der Waals surface area contributed by atoms with E-state index < -0.39 is 0 Å². The van der Waals surface area contributed by atoms with Gasteiger partial charge in [-0.15, -0.1) is 0 Å². The van der Waals surface area contributed by atoms with Crippen molar-refractivity contribution in [2.45, 2.75) is 18.9 Å². The second-order valence-electron chi connectivity index (χ2n) is 7.25. The third-order valence-electron chi connectivity index (χ3n) is 5.29. The predicted octanol–water partition coefficient (Wildman–Crippen LogP) is 4.25. The highest BCUT2D eigenvalue weighted by Crippen LogP contribution is 2.26. The highest BCUT2D eigenvalue weighted by molar-refractivity contribution is 6.30. The fourth-order valence-corrected chi connectivity index (χ4v) is 3.90. The van der Waals surface area contributed by atoms with E-state index >= 15 is 0 Å². The Morgan fingerprint density at radius 3 is 2.55 bits per heavy atom. The Morgan fingerprint density at radius 1 is 1.07 bits per heavy atom. The first-order chi connectivity index (χ1) is 14.2. The molecule has 3 aromatic rings. The summed E-state index contributed by atoms with van der Waals surface area (Å²) in [6.07, 6.45) is 6.91. The number of hydrogen-bond donors (Lipinski definition) is 1. The molecule has 5 nitrogen and oxygen atoms in total. The second-order valence-corrected chi connectivity index (χ2v) is 7.69. The van der Waals surface area contributed by atoms with Crippen LogP contribution in [0.5, 0.6) is 0 Å². The largest absolute Gasteiger partial charge is 0.355 e. The number of hydrogen-bond acceptors (Lipinski definition) is 4. The minimum atomic E-state index is -0.215. The molecule has 0 radical (unpaired) electrons. The number of nitrogens with zero attached hydrogens (tertiary/aromatic N) is 3. The fourth-order valence-electron chi connectivity index (χ4n) is 3.77. The standard InChI is InChI=1S/C23H23ClN4O/c24-20-10-8-18(9-11-20)22(17-5-2-1-3-6-17)27-23(29)19-7-4-14-28(16-19)21-15-25-12-13-26-21/h1-3,5-6,8-13,15,19,22H,4,7,14,16H2,(H,27,29)/t19-,22+/m0/s1. The summed E-state index contributed by atoms with van der Waals surface area (Å²) in [7, 11) is 0. The first-order valence-electron chi connectivity index (χ1n) is 9.82. The van der Waals surface area contributed by atoms with Crippen LogP contribution < -0.4 is 10.2 Å². The van der Waals surface area contributed by atoms with Crippen molar-refractivity contribution < 1.29 is 4.79 Å². The van der Waals surface area contributed by atoms with E-state index in [1.807, 2.05) is 54.6 Å². The topological polar surface area (TPSA) is 58.1 Å². The normalized spacial score (nSPS) is 17.6. The molecule has 2 heterocycles. The highest BCUT2D eigenvalue weighted by atomic mass is 35.5. The molecule has 1 aromatic heterocycles. The summed E-state index contributed by atoms with van der Waals surface area (Å²) < 4.78 is 0. The molecular weight excluding hydrogens is 384 g/mol. The van der Waals surface area contributed by atoms with Gasteiger partial charge in [0.15, 0.2) is 0 Å². The second kappa shape index (κ2) is 9.05. The molecular formula is C23H23ClN4O. The molecule has 2 atom stereocenters. The first kappa shape index (κ1) is 19.4. The van der Waals surface area contributed by atoms with Crippen LogP contribution in [0, 0.1) is 5.92 Å². The minimum Gasteiger partial charge on any atom is -0.355 e. The van der Waals surface area contributed by atoms with Crippen LogP contribution in [0.25, 0.3) is 0 Å². The number of rotatable bonds is 5. The molecule has 6 heteroatoms. The van der Waals surface area contributed by atoms with Crippen LogP contribution in [0.4, 0.5) is 5.82 Å². The third kappa shape index (κ3) is 4.74. The summed E-state index contributed by atoms with van der Waals surface area (Å²) in [4.78, 5) is 23.9. The average molecular weight is 407 g/mol. The number of benzene rings is 2. The average Bonchev–Trinajstić information content (AvgIpc) is 2.79. The number of aromatic nitrogens is 2. The van der Waals surface area contributed by atoms with Gasteiger partial charge in [0.2, 0.25) is 5.91 Å². The van der Waals surface area contributed by atoms with Crippen LogP contribution in [-0.2, 0) is 4.79 Å². The van der Waals surface area contributed by atoms with Gasteiger partial charge in [-0.2, -0.15) is 0 Å². The Bertz CT molecular complexity index is 934. The van der Waals surface area contributed by atoms with Crippen molar-refractivity contribution in [3.8, 4) is 0 Å². The number of carbonyl (C=O) groups excluding carboxylic acids is 1. The van der Waals surface area contributed by atoms with Crippen molar-refractivity contribution in [2.24, 2.45) is 5.92 Å². The van der Waals surface area contributed by atoms with Crippen molar-refractivity contribution in [3.63, 3.8) is 0 Å².